The molecule has 10 heteroatoms. The van der Waals surface area contributed by atoms with Crippen LogP contribution in [0, 0.1) is 16.9 Å². The lowest BCUT2D eigenvalue weighted by molar-refractivity contribution is 0.489. The molecule has 1 fully saturated rings. The van der Waals surface area contributed by atoms with Gasteiger partial charge in [-0.15, -0.1) is 11.3 Å². The number of hydrogen-bond acceptors (Lipinski definition) is 6. The first-order valence-corrected chi connectivity index (χ1v) is 13.9. The number of pyridine rings is 2. The lowest BCUT2D eigenvalue weighted by Crippen LogP contribution is -2.20. The summed E-state index contributed by atoms with van der Waals surface area (Å²) in [5.74, 6) is 0.729. The monoisotopic (exact) mass is 541 g/mol. The van der Waals surface area contributed by atoms with Crippen molar-refractivity contribution < 1.29 is 8.78 Å². The molecule has 0 saturated heterocycles. The molecular formula is C29H25F2N7S. The molecule has 1 saturated carbocycles. The Morgan fingerprint density at radius 3 is 2.77 bits per heavy atom. The van der Waals surface area contributed by atoms with E-state index in [-0.39, 0.29) is 5.13 Å². The Labute approximate surface area is 226 Å². The number of nitrogens with one attached hydrogen (secondary N) is 3. The van der Waals surface area contributed by atoms with E-state index in [1.807, 2.05) is 18.3 Å². The summed E-state index contributed by atoms with van der Waals surface area (Å²) in [6.45, 7) is 1.69. The van der Waals surface area contributed by atoms with E-state index in [9.17, 15) is 4.39 Å². The van der Waals surface area contributed by atoms with E-state index in [4.69, 9.17) is 0 Å². The average Bonchev–Trinajstić information content (AvgIpc) is 3.75. The number of aromatic nitrogens is 6. The van der Waals surface area contributed by atoms with Gasteiger partial charge in [0.2, 0.25) is 0 Å². The van der Waals surface area contributed by atoms with E-state index >= 15 is 4.39 Å². The molecule has 39 heavy (non-hydrogen) atoms. The summed E-state index contributed by atoms with van der Waals surface area (Å²) in [6.07, 6.45) is 10.4. The van der Waals surface area contributed by atoms with Crippen molar-refractivity contribution in [3.63, 3.8) is 0 Å². The normalized spacial score (nSPS) is 14.2. The van der Waals surface area contributed by atoms with Gasteiger partial charge in [-0.3, -0.25) is 10.1 Å². The third-order valence-electron chi connectivity index (χ3n) is 7.46. The fourth-order valence-corrected chi connectivity index (χ4v) is 6.28. The van der Waals surface area contributed by atoms with Gasteiger partial charge in [0.05, 0.1) is 16.4 Å². The maximum Gasteiger partial charge on any atom is 0.178 e. The van der Waals surface area contributed by atoms with Crippen LogP contribution in [0.2, 0.25) is 0 Å². The van der Waals surface area contributed by atoms with Crippen LogP contribution in [0.4, 0.5) is 8.78 Å². The standard InChI is InChI=1S/C29H25F2N7S/c30-23-8-7-22(39-23)20-9-10-34-28-26(20)35-29(36-28)27-24-21(37-38-27)6-5-19(25(24)31)18-11-17(14-33-15-18)13-32-12-16-3-1-2-4-16/h5-11,14-16,32H,1-4,12-13H2,(H,37,38)(H,34,35,36). The predicted octanol–water partition coefficient (Wildman–Crippen LogP) is 6.85. The quantitative estimate of drug-likeness (QED) is 0.205. The van der Waals surface area contributed by atoms with Crippen molar-refractivity contribution in [3.8, 4) is 33.1 Å². The Kier molecular flexibility index (Phi) is 6.13. The number of aromatic amines is 2. The number of thiophene rings is 1. The van der Waals surface area contributed by atoms with Gasteiger partial charge in [-0.05, 0) is 67.3 Å². The van der Waals surface area contributed by atoms with Crippen LogP contribution in [0.3, 0.4) is 0 Å². The van der Waals surface area contributed by atoms with Gasteiger partial charge >= 0.3 is 0 Å². The van der Waals surface area contributed by atoms with Gasteiger partial charge in [-0.1, -0.05) is 12.8 Å². The van der Waals surface area contributed by atoms with Crippen molar-refractivity contribution in [1.82, 2.24) is 35.5 Å². The minimum atomic E-state index is -0.400. The summed E-state index contributed by atoms with van der Waals surface area (Å²) >= 11 is 1.04. The largest absolute Gasteiger partial charge is 0.335 e. The van der Waals surface area contributed by atoms with E-state index < -0.39 is 5.82 Å². The van der Waals surface area contributed by atoms with Crippen molar-refractivity contribution in [2.75, 3.05) is 6.54 Å². The maximum absolute atomic E-state index is 16.1. The van der Waals surface area contributed by atoms with Gasteiger partial charge in [0, 0.05) is 46.7 Å². The number of imidazole rings is 1. The van der Waals surface area contributed by atoms with Crippen LogP contribution in [0.25, 0.3) is 55.2 Å². The highest BCUT2D eigenvalue weighted by Gasteiger charge is 2.21. The lowest BCUT2D eigenvalue weighted by atomic mass is 10.0. The third-order valence-corrected chi connectivity index (χ3v) is 8.37. The van der Waals surface area contributed by atoms with Gasteiger partial charge in [0.15, 0.2) is 16.6 Å². The molecule has 7 rings (SSSR count). The molecule has 0 radical (unpaired) electrons. The number of halogens is 2. The number of rotatable bonds is 7. The van der Waals surface area contributed by atoms with Crippen LogP contribution in [0.15, 0.2) is 55.0 Å². The van der Waals surface area contributed by atoms with Crippen LogP contribution >= 0.6 is 11.3 Å². The highest BCUT2D eigenvalue weighted by molar-refractivity contribution is 7.14. The second kappa shape index (κ2) is 9.94. The van der Waals surface area contributed by atoms with Crippen molar-refractivity contribution in [2.24, 2.45) is 5.92 Å². The molecule has 0 spiro atoms. The minimum absolute atomic E-state index is 0.272. The number of H-pyrrole nitrogens is 2. The first-order chi connectivity index (χ1) is 19.1. The molecule has 0 atom stereocenters. The summed E-state index contributed by atoms with van der Waals surface area (Å²) in [5.41, 5.74) is 4.94. The summed E-state index contributed by atoms with van der Waals surface area (Å²) < 4.78 is 29.8. The molecule has 1 aliphatic carbocycles. The fraction of sp³-hybridized carbons (Fsp3) is 0.241. The van der Waals surface area contributed by atoms with Crippen LogP contribution in [0.1, 0.15) is 31.2 Å². The Morgan fingerprint density at radius 1 is 1.03 bits per heavy atom. The number of hydrogen-bond donors (Lipinski definition) is 3. The Bertz CT molecular complexity index is 1800. The molecule has 0 bridgehead atoms. The molecule has 0 amide bonds. The SMILES string of the molecule is Fc1ccc(-c2ccnc3nc(-c4n[nH]c5ccc(-c6cncc(CNCC7CCCC7)c6)c(F)c45)[nH]c23)s1. The molecule has 0 aliphatic heterocycles. The second-order valence-electron chi connectivity index (χ2n) is 10.0. The van der Waals surface area contributed by atoms with Crippen LogP contribution in [0.5, 0.6) is 0 Å². The van der Waals surface area contributed by atoms with Crippen LogP contribution in [-0.2, 0) is 6.54 Å². The fourth-order valence-electron chi connectivity index (χ4n) is 5.52. The van der Waals surface area contributed by atoms with E-state index in [1.165, 1.54) is 31.7 Å². The Balaban J connectivity index is 1.23. The van der Waals surface area contributed by atoms with E-state index in [0.29, 0.717) is 51.3 Å². The zero-order chi connectivity index (χ0) is 26.3. The number of fused-ring (bicyclic) bond motifs is 2. The molecule has 0 unspecified atom stereocenters. The van der Waals surface area contributed by atoms with Gasteiger partial charge in [-0.2, -0.15) is 9.49 Å². The highest BCUT2D eigenvalue weighted by Crippen LogP contribution is 2.36. The molecule has 5 aromatic heterocycles. The van der Waals surface area contributed by atoms with Gasteiger partial charge in [0.25, 0.3) is 0 Å². The highest BCUT2D eigenvalue weighted by atomic mass is 32.1. The Morgan fingerprint density at radius 2 is 1.92 bits per heavy atom. The van der Waals surface area contributed by atoms with Crippen molar-refractivity contribution in [1.29, 1.82) is 0 Å². The van der Waals surface area contributed by atoms with Gasteiger partial charge in [-0.25, -0.2) is 14.4 Å². The number of nitrogens with zero attached hydrogens (tertiary/aromatic N) is 4. The lowest BCUT2D eigenvalue weighted by Gasteiger charge is -2.11. The first-order valence-electron chi connectivity index (χ1n) is 13.1. The first kappa shape index (κ1) is 24.1. The molecule has 196 valence electrons. The topological polar surface area (TPSA) is 95.2 Å². The van der Waals surface area contributed by atoms with Gasteiger partial charge < -0.3 is 10.3 Å². The molecule has 1 aliphatic rings. The zero-order valence-corrected chi connectivity index (χ0v) is 21.8. The maximum atomic E-state index is 16.1. The molecule has 7 nitrogen and oxygen atoms in total. The van der Waals surface area contributed by atoms with Crippen molar-refractivity contribution >= 4 is 33.4 Å². The smallest absolute Gasteiger partial charge is 0.178 e. The van der Waals surface area contributed by atoms with E-state index in [1.54, 1.807) is 30.6 Å². The van der Waals surface area contributed by atoms with Crippen molar-refractivity contribution in [2.45, 2.75) is 32.2 Å². The molecule has 6 aromatic rings. The summed E-state index contributed by atoms with van der Waals surface area (Å²) in [6, 6.07) is 10.5. The van der Waals surface area contributed by atoms with Crippen molar-refractivity contribution in [3.05, 3.63) is 71.5 Å². The van der Waals surface area contributed by atoms with Gasteiger partial charge in [0.1, 0.15) is 11.5 Å². The summed E-state index contributed by atoms with van der Waals surface area (Å²) in [7, 11) is 0. The molecular weight excluding hydrogens is 516 g/mol. The molecule has 5 heterocycles. The second-order valence-corrected chi connectivity index (χ2v) is 11.1. The summed E-state index contributed by atoms with van der Waals surface area (Å²) in [5, 5.41) is 10.9. The predicted molar refractivity (Wildman–Crippen MR) is 149 cm³/mol. The van der Waals surface area contributed by atoms with E-state index in [0.717, 1.165) is 39.8 Å². The molecule has 1 aromatic carbocycles. The molecule has 3 N–H and O–H groups in total. The van der Waals surface area contributed by atoms with Crippen LogP contribution in [-0.4, -0.2) is 36.7 Å². The number of benzene rings is 1. The minimum Gasteiger partial charge on any atom is -0.335 e. The van der Waals surface area contributed by atoms with E-state index in [2.05, 4.69) is 35.5 Å². The summed E-state index contributed by atoms with van der Waals surface area (Å²) in [4.78, 5) is 17.3. The third kappa shape index (κ3) is 4.49. The Hall–Kier alpha value is -4.02. The zero-order valence-electron chi connectivity index (χ0n) is 21.0. The van der Waals surface area contributed by atoms with Crippen LogP contribution < -0.4 is 5.32 Å². The average molecular weight is 542 g/mol.